The summed E-state index contributed by atoms with van der Waals surface area (Å²) in [6.07, 6.45) is 9.82. The van der Waals surface area contributed by atoms with Crippen molar-refractivity contribution in [2.24, 2.45) is 11.8 Å². The van der Waals surface area contributed by atoms with Gasteiger partial charge in [-0.05, 0) is 42.4 Å². The average molecular weight is 372 g/mol. The van der Waals surface area contributed by atoms with Crippen LogP contribution < -0.4 is 4.74 Å². The Labute approximate surface area is 161 Å². The Morgan fingerprint density at radius 1 is 0.889 bits per heavy atom. The Kier molecular flexibility index (Phi) is 7.25. The number of benzene rings is 2. The zero-order valence-corrected chi connectivity index (χ0v) is 16.2. The summed E-state index contributed by atoms with van der Waals surface area (Å²) in [5.74, 6) is 0.331. The summed E-state index contributed by atoms with van der Waals surface area (Å²) in [6, 6.07) is 13.8. The van der Waals surface area contributed by atoms with E-state index in [0.717, 1.165) is 42.4 Å². The summed E-state index contributed by atoms with van der Waals surface area (Å²) in [6.45, 7) is 2.27. The maximum atomic E-state index is 13.6. The molecule has 2 aromatic rings. The lowest BCUT2D eigenvalue weighted by Crippen LogP contribution is -2.16. The number of ether oxygens (including phenoxy) is 1. The van der Waals surface area contributed by atoms with Crippen LogP contribution in [0.25, 0.3) is 0 Å². The van der Waals surface area contributed by atoms with E-state index >= 15 is 0 Å². The van der Waals surface area contributed by atoms with Gasteiger partial charge in [0.15, 0.2) is 11.6 Å². The smallest absolute Gasteiger partial charge is 0.162 e. The fraction of sp³-hybridized carbons (Fsp3) is 0.500. The average Bonchev–Trinajstić information content (AvgIpc) is 2.70. The maximum Gasteiger partial charge on any atom is 0.162 e. The van der Waals surface area contributed by atoms with Gasteiger partial charge in [0.25, 0.3) is 0 Å². The van der Waals surface area contributed by atoms with E-state index in [0.29, 0.717) is 5.75 Å². The van der Waals surface area contributed by atoms with Crippen molar-refractivity contribution in [1.29, 1.82) is 0 Å². The van der Waals surface area contributed by atoms with E-state index in [2.05, 4.69) is 6.92 Å². The van der Waals surface area contributed by atoms with Crippen molar-refractivity contribution in [3.05, 3.63) is 65.7 Å². The molecule has 1 aliphatic carbocycles. The molecule has 1 saturated carbocycles. The van der Waals surface area contributed by atoms with Crippen LogP contribution in [-0.4, -0.2) is 0 Å². The highest BCUT2D eigenvalue weighted by Gasteiger charge is 2.23. The van der Waals surface area contributed by atoms with Crippen LogP contribution in [0.1, 0.15) is 70.0 Å². The van der Waals surface area contributed by atoms with Gasteiger partial charge in [0.2, 0.25) is 0 Å². The molecule has 146 valence electrons. The van der Waals surface area contributed by atoms with Crippen molar-refractivity contribution in [2.45, 2.75) is 64.4 Å². The molecule has 27 heavy (non-hydrogen) atoms. The molecule has 1 unspecified atom stereocenters. The van der Waals surface area contributed by atoms with Crippen LogP contribution in [-0.2, 0) is 0 Å². The second kappa shape index (κ2) is 9.87. The molecule has 0 radical (unpaired) electrons. The van der Waals surface area contributed by atoms with E-state index in [1.165, 1.54) is 44.6 Å². The molecule has 1 atom stereocenters. The predicted octanol–water partition coefficient (Wildman–Crippen LogP) is 7.47. The highest BCUT2D eigenvalue weighted by molar-refractivity contribution is 5.26. The highest BCUT2D eigenvalue weighted by atomic mass is 19.2. The van der Waals surface area contributed by atoms with Crippen molar-refractivity contribution in [3.8, 4) is 5.75 Å². The van der Waals surface area contributed by atoms with Crippen LogP contribution in [0.15, 0.2) is 48.5 Å². The van der Waals surface area contributed by atoms with Crippen molar-refractivity contribution < 1.29 is 13.5 Å². The lowest BCUT2D eigenvalue weighted by atomic mass is 9.78. The Balaban J connectivity index is 1.62. The van der Waals surface area contributed by atoms with E-state index in [4.69, 9.17) is 4.74 Å². The third kappa shape index (κ3) is 5.79. The van der Waals surface area contributed by atoms with Crippen molar-refractivity contribution in [1.82, 2.24) is 0 Å². The van der Waals surface area contributed by atoms with Gasteiger partial charge < -0.3 is 4.74 Å². The molecule has 3 rings (SSSR count). The normalized spacial score (nSPS) is 21.0. The SMILES string of the molecule is CCC[C@H]1CC[C@H](CCC(Oc2ccc(F)c(F)c2)c2ccccc2)CC1. The van der Waals surface area contributed by atoms with Gasteiger partial charge in [-0.3, -0.25) is 0 Å². The standard InChI is InChI=1S/C24H30F2O/c1-2-6-18-9-11-19(12-10-18)13-16-24(20-7-4-3-5-8-20)27-21-14-15-22(25)23(26)17-21/h3-5,7-8,14-15,17-19,24H,2,6,9-13,16H2,1H3/t18-,19-,24?. The van der Waals surface area contributed by atoms with Gasteiger partial charge >= 0.3 is 0 Å². The number of hydrogen-bond donors (Lipinski definition) is 0. The van der Waals surface area contributed by atoms with Gasteiger partial charge in [0.1, 0.15) is 11.9 Å². The van der Waals surface area contributed by atoms with Crippen molar-refractivity contribution in [2.75, 3.05) is 0 Å². The summed E-state index contributed by atoms with van der Waals surface area (Å²) in [5, 5.41) is 0. The Morgan fingerprint density at radius 2 is 1.56 bits per heavy atom. The molecule has 0 bridgehead atoms. The largest absolute Gasteiger partial charge is 0.486 e. The van der Waals surface area contributed by atoms with Crippen LogP contribution in [0.2, 0.25) is 0 Å². The van der Waals surface area contributed by atoms with Gasteiger partial charge in [-0.25, -0.2) is 8.78 Å². The predicted molar refractivity (Wildman–Crippen MR) is 106 cm³/mol. The van der Waals surface area contributed by atoms with E-state index in [1.807, 2.05) is 30.3 Å². The molecule has 1 fully saturated rings. The lowest BCUT2D eigenvalue weighted by molar-refractivity contribution is 0.167. The first-order chi connectivity index (χ1) is 13.2. The van der Waals surface area contributed by atoms with E-state index in [-0.39, 0.29) is 6.10 Å². The number of hydrogen-bond acceptors (Lipinski definition) is 1. The van der Waals surface area contributed by atoms with Gasteiger partial charge in [0.05, 0.1) is 0 Å². The molecule has 1 nitrogen and oxygen atoms in total. The zero-order chi connectivity index (χ0) is 19.1. The minimum atomic E-state index is -0.867. The number of rotatable bonds is 8. The zero-order valence-electron chi connectivity index (χ0n) is 16.2. The van der Waals surface area contributed by atoms with Gasteiger partial charge in [-0.1, -0.05) is 75.8 Å². The third-order valence-electron chi connectivity index (χ3n) is 5.84. The Bertz CT molecular complexity index is 693. The molecule has 1 aliphatic rings. The fourth-order valence-corrected chi connectivity index (χ4v) is 4.28. The molecular formula is C24H30F2O. The molecular weight excluding hydrogens is 342 g/mol. The Hall–Kier alpha value is -1.90. The Morgan fingerprint density at radius 3 is 2.19 bits per heavy atom. The molecule has 0 N–H and O–H groups in total. The van der Waals surface area contributed by atoms with Crippen LogP contribution in [0.5, 0.6) is 5.75 Å². The molecule has 0 amide bonds. The monoisotopic (exact) mass is 372 g/mol. The first-order valence-electron chi connectivity index (χ1n) is 10.3. The van der Waals surface area contributed by atoms with Crippen molar-refractivity contribution in [3.63, 3.8) is 0 Å². The molecule has 0 aliphatic heterocycles. The minimum Gasteiger partial charge on any atom is -0.486 e. The number of halogens is 2. The minimum absolute atomic E-state index is 0.135. The lowest BCUT2D eigenvalue weighted by Gasteiger charge is -2.29. The molecule has 0 aromatic heterocycles. The first-order valence-corrected chi connectivity index (χ1v) is 10.3. The molecule has 3 heteroatoms. The van der Waals surface area contributed by atoms with Gasteiger partial charge in [-0.15, -0.1) is 0 Å². The van der Waals surface area contributed by atoms with Gasteiger partial charge in [-0.2, -0.15) is 0 Å². The third-order valence-corrected chi connectivity index (χ3v) is 5.84. The van der Waals surface area contributed by atoms with Crippen LogP contribution in [0.4, 0.5) is 8.78 Å². The van der Waals surface area contributed by atoms with E-state index < -0.39 is 11.6 Å². The van der Waals surface area contributed by atoms with E-state index in [1.54, 1.807) is 0 Å². The summed E-state index contributed by atoms with van der Waals surface area (Å²) >= 11 is 0. The fourth-order valence-electron chi connectivity index (χ4n) is 4.28. The summed E-state index contributed by atoms with van der Waals surface area (Å²) in [5.41, 5.74) is 1.09. The topological polar surface area (TPSA) is 9.23 Å². The van der Waals surface area contributed by atoms with Crippen LogP contribution >= 0.6 is 0 Å². The quantitative estimate of drug-likeness (QED) is 0.467. The van der Waals surface area contributed by atoms with E-state index in [9.17, 15) is 8.78 Å². The maximum absolute atomic E-state index is 13.6. The first kappa shape index (κ1) is 19.9. The molecule has 0 heterocycles. The second-order valence-corrected chi connectivity index (χ2v) is 7.85. The summed E-state index contributed by atoms with van der Waals surface area (Å²) in [7, 11) is 0. The van der Waals surface area contributed by atoms with Crippen LogP contribution in [0, 0.1) is 23.5 Å². The highest BCUT2D eigenvalue weighted by Crippen LogP contribution is 2.36. The van der Waals surface area contributed by atoms with Crippen LogP contribution in [0.3, 0.4) is 0 Å². The summed E-state index contributed by atoms with van der Waals surface area (Å²) < 4.78 is 32.8. The van der Waals surface area contributed by atoms with Gasteiger partial charge in [0, 0.05) is 6.07 Å². The summed E-state index contributed by atoms with van der Waals surface area (Å²) in [4.78, 5) is 0. The molecule has 2 aromatic carbocycles. The molecule has 0 spiro atoms. The van der Waals surface area contributed by atoms with Crippen molar-refractivity contribution >= 4 is 0 Å². The second-order valence-electron chi connectivity index (χ2n) is 7.85. The molecule has 0 saturated heterocycles.